The van der Waals surface area contributed by atoms with Crippen molar-refractivity contribution < 1.29 is 0 Å². The lowest BCUT2D eigenvalue weighted by molar-refractivity contribution is 1.11. The largest absolute Gasteiger partial charge is 0.354 e. The average molecular weight is 229 g/mol. The van der Waals surface area contributed by atoms with Crippen LogP contribution in [0.2, 0.25) is 0 Å². The molecule has 0 spiro atoms. The zero-order chi connectivity index (χ0) is 11.5. The zero-order valence-corrected chi connectivity index (χ0v) is 9.93. The maximum absolute atomic E-state index is 9.09. The summed E-state index contributed by atoms with van der Waals surface area (Å²) in [6.07, 6.45) is 0. The van der Waals surface area contributed by atoms with Gasteiger partial charge in [0.15, 0.2) is 0 Å². The summed E-state index contributed by atoms with van der Waals surface area (Å²) in [6.45, 7) is 3.78. The van der Waals surface area contributed by atoms with E-state index in [0.29, 0.717) is 5.56 Å². The third-order valence-electron chi connectivity index (χ3n) is 2.24. The number of hydrogen-bond donors (Lipinski definition) is 1. The summed E-state index contributed by atoms with van der Waals surface area (Å²) >= 11 is 1.62. The highest BCUT2D eigenvalue weighted by Crippen LogP contribution is 2.24. The van der Waals surface area contributed by atoms with Crippen LogP contribution in [0.1, 0.15) is 17.0 Å². The fraction of sp³-hybridized carbons (Fsp3) is 0.167. The lowest BCUT2D eigenvalue weighted by Gasteiger charge is -2.09. The van der Waals surface area contributed by atoms with Gasteiger partial charge in [0.25, 0.3) is 0 Å². The van der Waals surface area contributed by atoms with E-state index in [9.17, 15) is 0 Å². The van der Waals surface area contributed by atoms with E-state index < -0.39 is 0 Å². The van der Waals surface area contributed by atoms with Crippen molar-refractivity contribution in [2.75, 3.05) is 5.32 Å². The number of hydrogen-bond acceptors (Lipinski definition) is 4. The van der Waals surface area contributed by atoms with E-state index in [1.807, 2.05) is 36.7 Å². The van der Waals surface area contributed by atoms with Crippen molar-refractivity contribution in [3.63, 3.8) is 0 Å². The summed E-state index contributed by atoms with van der Waals surface area (Å²) in [5.41, 5.74) is 4.11. The average Bonchev–Trinajstić information content (AvgIpc) is 2.70. The van der Waals surface area contributed by atoms with Gasteiger partial charge in [-0.1, -0.05) is 0 Å². The smallest absolute Gasteiger partial charge is 0.103 e. The van der Waals surface area contributed by atoms with Crippen LogP contribution in [0.4, 0.5) is 11.4 Å². The standard InChI is InChI=1S/C12H11N3S/c1-8-5-12(11(6-13)9(2)14-8)15-10-3-4-16-7-10/h3-5,7H,1-2H3,(H,14,15). The molecule has 0 aliphatic carbocycles. The van der Waals surface area contributed by atoms with Crippen molar-refractivity contribution >= 4 is 22.7 Å². The molecule has 4 heteroatoms. The van der Waals surface area contributed by atoms with Crippen LogP contribution in [-0.4, -0.2) is 4.98 Å². The summed E-state index contributed by atoms with van der Waals surface area (Å²) in [4.78, 5) is 4.27. The van der Waals surface area contributed by atoms with Crippen LogP contribution in [0.3, 0.4) is 0 Å². The quantitative estimate of drug-likeness (QED) is 0.858. The first-order chi connectivity index (χ1) is 7.70. The molecule has 0 aromatic carbocycles. The molecule has 2 rings (SSSR count). The second-order valence-electron chi connectivity index (χ2n) is 3.52. The van der Waals surface area contributed by atoms with Gasteiger partial charge >= 0.3 is 0 Å². The molecular weight excluding hydrogens is 218 g/mol. The summed E-state index contributed by atoms with van der Waals surface area (Å²) in [6, 6.07) is 6.06. The number of aryl methyl sites for hydroxylation is 2. The Labute approximate surface area is 98.4 Å². The van der Waals surface area contributed by atoms with E-state index >= 15 is 0 Å². The summed E-state index contributed by atoms with van der Waals surface area (Å²) in [7, 11) is 0. The fourth-order valence-electron chi connectivity index (χ4n) is 1.56. The molecule has 80 valence electrons. The van der Waals surface area contributed by atoms with Crippen LogP contribution in [-0.2, 0) is 0 Å². The molecule has 1 N–H and O–H groups in total. The number of thiophene rings is 1. The second kappa shape index (κ2) is 4.33. The van der Waals surface area contributed by atoms with E-state index in [4.69, 9.17) is 5.26 Å². The normalized spacial score (nSPS) is 9.81. The summed E-state index contributed by atoms with van der Waals surface area (Å²) in [5, 5.41) is 16.3. The molecule has 3 nitrogen and oxygen atoms in total. The molecule has 0 fully saturated rings. The zero-order valence-electron chi connectivity index (χ0n) is 9.11. The number of anilines is 2. The van der Waals surface area contributed by atoms with Crippen molar-refractivity contribution in [3.8, 4) is 6.07 Å². The molecule has 2 aromatic heterocycles. The first kappa shape index (κ1) is 10.7. The molecule has 0 saturated carbocycles. The van der Waals surface area contributed by atoms with Gasteiger partial charge in [-0.3, -0.25) is 4.98 Å². The van der Waals surface area contributed by atoms with Gasteiger partial charge in [-0.05, 0) is 31.4 Å². The summed E-state index contributed by atoms with van der Waals surface area (Å²) in [5.74, 6) is 0. The number of pyridine rings is 1. The molecule has 0 aliphatic rings. The van der Waals surface area contributed by atoms with Crippen LogP contribution < -0.4 is 5.32 Å². The van der Waals surface area contributed by atoms with E-state index in [1.54, 1.807) is 11.3 Å². The van der Waals surface area contributed by atoms with E-state index in [-0.39, 0.29) is 0 Å². The van der Waals surface area contributed by atoms with Crippen molar-refractivity contribution in [3.05, 3.63) is 39.8 Å². The third kappa shape index (κ3) is 2.05. The van der Waals surface area contributed by atoms with E-state index in [0.717, 1.165) is 22.8 Å². The third-order valence-corrected chi connectivity index (χ3v) is 2.92. The Balaban J connectivity index is 2.44. The lowest BCUT2D eigenvalue weighted by atomic mass is 10.1. The van der Waals surface area contributed by atoms with Gasteiger partial charge in [-0.2, -0.15) is 16.6 Å². The van der Waals surface area contributed by atoms with Crippen molar-refractivity contribution in [2.24, 2.45) is 0 Å². The molecular formula is C12H11N3S. The molecule has 0 radical (unpaired) electrons. The Morgan fingerprint density at radius 2 is 2.25 bits per heavy atom. The predicted molar refractivity (Wildman–Crippen MR) is 66.0 cm³/mol. The Morgan fingerprint density at radius 1 is 1.44 bits per heavy atom. The van der Waals surface area contributed by atoms with Crippen LogP contribution in [0.5, 0.6) is 0 Å². The summed E-state index contributed by atoms with van der Waals surface area (Å²) < 4.78 is 0. The first-order valence-electron chi connectivity index (χ1n) is 4.88. The van der Waals surface area contributed by atoms with Gasteiger partial charge in [-0.25, -0.2) is 0 Å². The van der Waals surface area contributed by atoms with Gasteiger partial charge < -0.3 is 5.32 Å². The highest BCUT2D eigenvalue weighted by Gasteiger charge is 2.08. The highest BCUT2D eigenvalue weighted by atomic mass is 32.1. The number of rotatable bonds is 2. The number of aromatic nitrogens is 1. The lowest BCUT2D eigenvalue weighted by Crippen LogP contribution is -1.98. The highest BCUT2D eigenvalue weighted by molar-refractivity contribution is 7.08. The van der Waals surface area contributed by atoms with Crippen LogP contribution in [0.15, 0.2) is 22.9 Å². The molecule has 0 atom stereocenters. The second-order valence-corrected chi connectivity index (χ2v) is 4.30. The van der Waals surface area contributed by atoms with Crippen molar-refractivity contribution in [1.82, 2.24) is 4.98 Å². The Kier molecular flexibility index (Phi) is 2.88. The van der Waals surface area contributed by atoms with Crippen LogP contribution >= 0.6 is 11.3 Å². The van der Waals surface area contributed by atoms with Crippen LogP contribution in [0.25, 0.3) is 0 Å². The van der Waals surface area contributed by atoms with Gasteiger partial charge in [0.1, 0.15) is 6.07 Å². The molecule has 0 amide bonds. The molecule has 0 aliphatic heterocycles. The molecule has 2 aromatic rings. The molecule has 16 heavy (non-hydrogen) atoms. The number of nitrogens with zero attached hydrogens (tertiary/aromatic N) is 2. The molecule has 2 heterocycles. The minimum Gasteiger partial charge on any atom is -0.354 e. The Morgan fingerprint density at radius 3 is 2.88 bits per heavy atom. The Hall–Kier alpha value is -1.86. The SMILES string of the molecule is Cc1cc(Nc2ccsc2)c(C#N)c(C)n1. The number of nitriles is 1. The molecule has 0 bridgehead atoms. The fourth-order valence-corrected chi connectivity index (χ4v) is 2.15. The Bertz CT molecular complexity index is 538. The van der Waals surface area contributed by atoms with E-state index in [2.05, 4.69) is 16.4 Å². The number of nitrogens with one attached hydrogen (secondary N) is 1. The maximum atomic E-state index is 9.09. The molecule has 0 unspecified atom stereocenters. The predicted octanol–water partition coefficient (Wildman–Crippen LogP) is 3.38. The monoisotopic (exact) mass is 229 g/mol. The maximum Gasteiger partial charge on any atom is 0.103 e. The first-order valence-corrected chi connectivity index (χ1v) is 5.82. The minimum atomic E-state index is 0.608. The van der Waals surface area contributed by atoms with Crippen molar-refractivity contribution in [1.29, 1.82) is 5.26 Å². The molecule has 0 saturated heterocycles. The van der Waals surface area contributed by atoms with Gasteiger partial charge in [-0.15, -0.1) is 0 Å². The van der Waals surface area contributed by atoms with Gasteiger partial charge in [0, 0.05) is 16.8 Å². The van der Waals surface area contributed by atoms with Gasteiger partial charge in [0.2, 0.25) is 0 Å². The van der Waals surface area contributed by atoms with Gasteiger partial charge in [0.05, 0.1) is 16.9 Å². The van der Waals surface area contributed by atoms with Crippen LogP contribution in [0, 0.1) is 25.2 Å². The van der Waals surface area contributed by atoms with E-state index in [1.165, 1.54) is 0 Å². The minimum absolute atomic E-state index is 0.608. The van der Waals surface area contributed by atoms with Crippen molar-refractivity contribution in [2.45, 2.75) is 13.8 Å². The topological polar surface area (TPSA) is 48.7 Å².